The highest BCUT2D eigenvalue weighted by molar-refractivity contribution is 6.03. The summed E-state index contributed by atoms with van der Waals surface area (Å²) in [5, 5.41) is 12.3. The van der Waals surface area contributed by atoms with Crippen LogP contribution in [-0.4, -0.2) is 23.2 Å². The van der Waals surface area contributed by atoms with Gasteiger partial charge in [0.1, 0.15) is 5.75 Å². The molecular weight excluding hydrogens is 338 g/mol. The molecule has 0 radical (unpaired) electrons. The molecule has 0 spiro atoms. The predicted molar refractivity (Wildman–Crippen MR) is 108 cm³/mol. The SMILES string of the molecule is COc1ccc2cc(/C=C/c3cc(C(=O)O)c4ccccc4n3)ccc2c1. The number of hydrogen-bond acceptors (Lipinski definition) is 3. The van der Waals surface area contributed by atoms with Gasteiger partial charge >= 0.3 is 5.97 Å². The molecule has 0 bridgehead atoms. The van der Waals surface area contributed by atoms with Crippen molar-refractivity contribution in [3.63, 3.8) is 0 Å². The van der Waals surface area contributed by atoms with E-state index in [4.69, 9.17) is 4.74 Å². The highest BCUT2D eigenvalue weighted by Crippen LogP contribution is 2.23. The number of fused-ring (bicyclic) bond motifs is 2. The Kier molecular flexibility index (Phi) is 4.30. The third-order valence-corrected chi connectivity index (χ3v) is 4.48. The lowest BCUT2D eigenvalue weighted by molar-refractivity contribution is 0.0699. The normalized spacial score (nSPS) is 11.3. The van der Waals surface area contributed by atoms with Crippen LogP contribution in [0.2, 0.25) is 0 Å². The van der Waals surface area contributed by atoms with Crippen molar-refractivity contribution in [2.45, 2.75) is 0 Å². The number of carboxylic acid groups (broad SMARTS) is 1. The van der Waals surface area contributed by atoms with Crippen LogP contribution in [0.25, 0.3) is 33.8 Å². The number of ether oxygens (including phenoxy) is 1. The van der Waals surface area contributed by atoms with Crippen molar-refractivity contribution < 1.29 is 14.6 Å². The van der Waals surface area contributed by atoms with Crippen molar-refractivity contribution in [1.82, 2.24) is 4.98 Å². The quantitative estimate of drug-likeness (QED) is 0.542. The molecule has 0 aliphatic heterocycles. The van der Waals surface area contributed by atoms with Crippen LogP contribution < -0.4 is 4.74 Å². The van der Waals surface area contributed by atoms with Gasteiger partial charge in [0, 0.05) is 5.39 Å². The minimum absolute atomic E-state index is 0.255. The van der Waals surface area contributed by atoms with Crippen molar-refractivity contribution in [3.8, 4) is 5.75 Å². The maximum atomic E-state index is 11.6. The summed E-state index contributed by atoms with van der Waals surface area (Å²) in [6.45, 7) is 0. The van der Waals surface area contributed by atoms with E-state index in [1.807, 2.05) is 60.7 Å². The Morgan fingerprint density at radius 3 is 2.56 bits per heavy atom. The second-order valence-corrected chi connectivity index (χ2v) is 6.22. The number of rotatable bonds is 4. The Balaban J connectivity index is 1.72. The zero-order valence-corrected chi connectivity index (χ0v) is 14.7. The number of hydrogen-bond donors (Lipinski definition) is 1. The molecule has 1 heterocycles. The lowest BCUT2D eigenvalue weighted by Crippen LogP contribution is -2.00. The molecule has 4 heteroatoms. The van der Waals surface area contributed by atoms with Gasteiger partial charge in [-0.1, -0.05) is 42.5 Å². The summed E-state index contributed by atoms with van der Waals surface area (Å²) in [5.41, 5.74) is 2.55. The molecule has 0 aliphatic rings. The molecule has 4 nitrogen and oxygen atoms in total. The number of carbonyl (C=O) groups is 1. The Labute approximate surface area is 156 Å². The fraction of sp³-hybridized carbons (Fsp3) is 0.0435. The van der Waals surface area contributed by atoms with Gasteiger partial charge in [-0.25, -0.2) is 9.78 Å². The molecular formula is C23H17NO3. The summed E-state index contributed by atoms with van der Waals surface area (Å²) < 4.78 is 5.25. The zero-order valence-electron chi connectivity index (χ0n) is 14.7. The number of methoxy groups -OCH3 is 1. The minimum Gasteiger partial charge on any atom is -0.497 e. The second kappa shape index (κ2) is 6.92. The van der Waals surface area contributed by atoms with Gasteiger partial charge < -0.3 is 9.84 Å². The van der Waals surface area contributed by atoms with Gasteiger partial charge in [0.2, 0.25) is 0 Å². The summed E-state index contributed by atoms with van der Waals surface area (Å²) in [5.74, 6) is -0.129. The van der Waals surface area contributed by atoms with Crippen LogP contribution in [0, 0.1) is 0 Å². The van der Waals surface area contributed by atoms with Crippen molar-refractivity contribution in [1.29, 1.82) is 0 Å². The van der Waals surface area contributed by atoms with Crippen LogP contribution in [0.1, 0.15) is 21.6 Å². The number of para-hydroxylation sites is 1. The molecule has 0 amide bonds. The average molecular weight is 355 g/mol. The fourth-order valence-corrected chi connectivity index (χ4v) is 3.11. The van der Waals surface area contributed by atoms with E-state index < -0.39 is 5.97 Å². The van der Waals surface area contributed by atoms with Gasteiger partial charge in [-0.3, -0.25) is 0 Å². The van der Waals surface area contributed by atoms with Gasteiger partial charge in [0.15, 0.2) is 0 Å². The van der Waals surface area contributed by atoms with Crippen LogP contribution in [0.5, 0.6) is 5.75 Å². The van der Waals surface area contributed by atoms with E-state index in [1.54, 1.807) is 19.2 Å². The van der Waals surface area contributed by atoms with Crippen LogP contribution in [0.15, 0.2) is 66.7 Å². The lowest BCUT2D eigenvalue weighted by atomic mass is 10.0. The van der Waals surface area contributed by atoms with E-state index >= 15 is 0 Å². The molecule has 0 saturated carbocycles. The molecule has 132 valence electrons. The van der Waals surface area contributed by atoms with Crippen LogP contribution >= 0.6 is 0 Å². The Hall–Kier alpha value is -3.66. The van der Waals surface area contributed by atoms with E-state index in [2.05, 4.69) is 11.1 Å². The maximum Gasteiger partial charge on any atom is 0.336 e. The molecule has 0 unspecified atom stereocenters. The summed E-state index contributed by atoms with van der Waals surface area (Å²) in [7, 11) is 1.65. The second-order valence-electron chi connectivity index (χ2n) is 6.22. The summed E-state index contributed by atoms with van der Waals surface area (Å²) >= 11 is 0. The Morgan fingerprint density at radius 1 is 0.963 bits per heavy atom. The van der Waals surface area contributed by atoms with E-state index in [0.29, 0.717) is 16.6 Å². The highest BCUT2D eigenvalue weighted by atomic mass is 16.5. The molecule has 0 atom stereocenters. The lowest BCUT2D eigenvalue weighted by Gasteiger charge is -2.05. The minimum atomic E-state index is -0.956. The van der Waals surface area contributed by atoms with Crippen molar-refractivity contribution in [2.24, 2.45) is 0 Å². The third-order valence-electron chi connectivity index (χ3n) is 4.48. The smallest absolute Gasteiger partial charge is 0.336 e. The number of nitrogens with zero attached hydrogens (tertiary/aromatic N) is 1. The topological polar surface area (TPSA) is 59.4 Å². The summed E-state index contributed by atoms with van der Waals surface area (Å²) in [6, 6.07) is 20.9. The number of pyridine rings is 1. The van der Waals surface area contributed by atoms with Gasteiger partial charge in [0.05, 0.1) is 23.9 Å². The Bertz CT molecular complexity index is 1190. The Morgan fingerprint density at radius 2 is 1.74 bits per heavy atom. The number of benzene rings is 3. The third kappa shape index (κ3) is 3.37. The zero-order chi connectivity index (χ0) is 18.8. The van der Waals surface area contributed by atoms with E-state index in [-0.39, 0.29) is 5.56 Å². The molecule has 1 aromatic heterocycles. The molecule has 0 saturated heterocycles. The maximum absolute atomic E-state index is 11.6. The summed E-state index contributed by atoms with van der Waals surface area (Å²) in [6.07, 6.45) is 3.77. The highest BCUT2D eigenvalue weighted by Gasteiger charge is 2.10. The molecule has 4 aromatic rings. The van der Waals surface area contributed by atoms with Gasteiger partial charge in [0.25, 0.3) is 0 Å². The first-order chi connectivity index (χ1) is 13.1. The molecule has 1 N–H and O–H groups in total. The summed E-state index contributed by atoms with van der Waals surface area (Å²) in [4.78, 5) is 16.1. The molecule has 0 fully saturated rings. The van der Waals surface area contributed by atoms with Gasteiger partial charge in [-0.05, 0) is 52.7 Å². The van der Waals surface area contributed by atoms with Crippen molar-refractivity contribution >= 4 is 39.8 Å². The van der Waals surface area contributed by atoms with Crippen LogP contribution in [0.4, 0.5) is 0 Å². The first-order valence-electron chi connectivity index (χ1n) is 8.53. The molecule has 3 aromatic carbocycles. The largest absolute Gasteiger partial charge is 0.497 e. The number of aromatic carboxylic acids is 1. The standard InChI is InChI=1S/C23H17NO3/c1-27-19-11-9-16-12-15(6-8-17(16)13-19)7-10-18-14-21(23(25)26)20-4-2-3-5-22(20)24-18/h2-14H,1H3,(H,25,26)/b10-7+. The van der Waals surface area contributed by atoms with E-state index in [1.165, 1.54) is 0 Å². The van der Waals surface area contributed by atoms with Gasteiger partial charge in [-0.15, -0.1) is 0 Å². The predicted octanol–water partition coefficient (Wildman–Crippen LogP) is 5.27. The first kappa shape index (κ1) is 16.8. The monoisotopic (exact) mass is 355 g/mol. The number of aromatic nitrogens is 1. The van der Waals surface area contributed by atoms with E-state index in [0.717, 1.165) is 22.1 Å². The first-order valence-corrected chi connectivity index (χ1v) is 8.53. The van der Waals surface area contributed by atoms with Crippen LogP contribution in [0.3, 0.4) is 0 Å². The average Bonchev–Trinajstić information content (AvgIpc) is 2.70. The fourth-order valence-electron chi connectivity index (χ4n) is 3.11. The molecule has 4 rings (SSSR count). The van der Waals surface area contributed by atoms with Crippen molar-refractivity contribution in [3.05, 3.63) is 83.6 Å². The molecule has 0 aliphatic carbocycles. The molecule has 27 heavy (non-hydrogen) atoms. The van der Waals surface area contributed by atoms with Crippen molar-refractivity contribution in [2.75, 3.05) is 7.11 Å². The van der Waals surface area contributed by atoms with E-state index in [9.17, 15) is 9.90 Å². The van der Waals surface area contributed by atoms with Gasteiger partial charge in [-0.2, -0.15) is 0 Å². The van der Waals surface area contributed by atoms with Crippen LogP contribution in [-0.2, 0) is 0 Å². The number of carboxylic acids is 1.